The van der Waals surface area contributed by atoms with E-state index in [4.69, 9.17) is 4.74 Å². The third-order valence-corrected chi connectivity index (χ3v) is 5.43. The van der Waals surface area contributed by atoms with E-state index < -0.39 is 0 Å². The molecule has 112 valence electrons. The van der Waals surface area contributed by atoms with Gasteiger partial charge in [-0.2, -0.15) is 0 Å². The molecule has 0 aromatic rings. The van der Waals surface area contributed by atoms with Crippen molar-refractivity contribution in [3.8, 4) is 0 Å². The van der Waals surface area contributed by atoms with E-state index in [2.05, 4.69) is 31.0 Å². The Labute approximate surface area is 119 Å². The van der Waals surface area contributed by atoms with Crippen molar-refractivity contribution in [3.63, 3.8) is 0 Å². The smallest absolute Gasteiger partial charge is 0.0726 e. The average molecular weight is 268 g/mol. The Bertz CT molecular complexity index is 259. The molecule has 2 rings (SSSR count). The van der Waals surface area contributed by atoms with Crippen LogP contribution in [0.4, 0.5) is 0 Å². The molecular weight excluding hydrogens is 236 g/mol. The molecule has 0 bridgehead atoms. The summed E-state index contributed by atoms with van der Waals surface area (Å²) < 4.78 is 5.73. The highest BCUT2D eigenvalue weighted by Gasteiger charge is 2.34. The standard InChI is InChI=1S/C16H32N2O/c1-4-16(5-2)8-10-18(13-16)11-9-17-14(3)15-7-6-12-19-15/h14-15,17H,4-13H2,1-3H3. The van der Waals surface area contributed by atoms with Crippen LogP contribution in [-0.2, 0) is 4.74 Å². The van der Waals surface area contributed by atoms with Crippen molar-refractivity contribution >= 4 is 0 Å². The molecular formula is C16H32N2O. The first-order chi connectivity index (χ1) is 9.19. The van der Waals surface area contributed by atoms with Gasteiger partial charge in [-0.05, 0) is 51.0 Å². The molecule has 0 aromatic carbocycles. The number of ether oxygens (including phenoxy) is 1. The first kappa shape index (κ1) is 15.3. The first-order valence-corrected chi connectivity index (χ1v) is 8.26. The summed E-state index contributed by atoms with van der Waals surface area (Å²) in [5, 5.41) is 3.65. The molecule has 3 heteroatoms. The summed E-state index contributed by atoms with van der Waals surface area (Å²) in [7, 11) is 0. The number of nitrogens with one attached hydrogen (secondary N) is 1. The summed E-state index contributed by atoms with van der Waals surface area (Å²) in [6.07, 6.45) is 6.97. The molecule has 2 aliphatic rings. The number of hydrogen-bond donors (Lipinski definition) is 1. The van der Waals surface area contributed by atoms with E-state index in [0.29, 0.717) is 17.6 Å². The highest BCUT2D eigenvalue weighted by Crippen LogP contribution is 2.36. The van der Waals surface area contributed by atoms with Gasteiger partial charge in [-0.3, -0.25) is 0 Å². The predicted molar refractivity (Wildman–Crippen MR) is 80.5 cm³/mol. The zero-order valence-corrected chi connectivity index (χ0v) is 13.1. The fraction of sp³-hybridized carbons (Fsp3) is 1.00. The zero-order chi connectivity index (χ0) is 13.7. The molecule has 2 aliphatic heterocycles. The molecule has 2 unspecified atom stereocenters. The quantitative estimate of drug-likeness (QED) is 0.768. The second-order valence-corrected chi connectivity index (χ2v) is 6.53. The lowest BCUT2D eigenvalue weighted by molar-refractivity contribution is 0.0827. The van der Waals surface area contributed by atoms with Crippen LogP contribution in [0.5, 0.6) is 0 Å². The fourth-order valence-electron chi connectivity index (χ4n) is 3.62. The highest BCUT2D eigenvalue weighted by molar-refractivity contribution is 4.88. The van der Waals surface area contributed by atoms with E-state index in [1.54, 1.807) is 0 Å². The van der Waals surface area contributed by atoms with Gasteiger partial charge in [0.05, 0.1) is 6.10 Å². The summed E-state index contributed by atoms with van der Waals surface area (Å²) in [4.78, 5) is 2.64. The molecule has 0 spiro atoms. The van der Waals surface area contributed by atoms with Gasteiger partial charge in [0, 0.05) is 32.3 Å². The topological polar surface area (TPSA) is 24.5 Å². The second kappa shape index (κ2) is 7.05. The van der Waals surface area contributed by atoms with Gasteiger partial charge in [0.15, 0.2) is 0 Å². The summed E-state index contributed by atoms with van der Waals surface area (Å²) in [5.41, 5.74) is 0.611. The maximum absolute atomic E-state index is 5.73. The van der Waals surface area contributed by atoms with Crippen molar-refractivity contribution in [2.75, 3.05) is 32.8 Å². The fourth-order valence-corrected chi connectivity index (χ4v) is 3.62. The molecule has 0 radical (unpaired) electrons. The van der Waals surface area contributed by atoms with Crippen LogP contribution in [0.3, 0.4) is 0 Å². The summed E-state index contributed by atoms with van der Waals surface area (Å²) in [6, 6.07) is 0.507. The third-order valence-electron chi connectivity index (χ3n) is 5.43. The number of hydrogen-bond acceptors (Lipinski definition) is 3. The highest BCUT2D eigenvalue weighted by atomic mass is 16.5. The monoisotopic (exact) mass is 268 g/mol. The first-order valence-electron chi connectivity index (χ1n) is 8.26. The average Bonchev–Trinajstić information content (AvgIpc) is 3.09. The Kier molecular flexibility index (Phi) is 5.67. The van der Waals surface area contributed by atoms with Gasteiger partial charge >= 0.3 is 0 Å². The molecule has 0 aliphatic carbocycles. The lowest BCUT2D eigenvalue weighted by Crippen LogP contribution is -2.41. The van der Waals surface area contributed by atoms with E-state index >= 15 is 0 Å². The van der Waals surface area contributed by atoms with Gasteiger partial charge < -0.3 is 15.0 Å². The molecule has 0 saturated carbocycles. The summed E-state index contributed by atoms with van der Waals surface area (Å²) in [5.74, 6) is 0. The molecule has 0 amide bonds. The zero-order valence-electron chi connectivity index (χ0n) is 13.1. The Hall–Kier alpha value is -0.120. The lowest BCUT2D eigenvalue weighted by Gasteiger charge is -2.27. The van der Waals surface area contributed by atoms with E-state index in [0.717, 1.165) is 13.2 Å². The van der Waals surface area contributed by atoms with Gasteiger partial charge in [0.2, 0.25) is 0 Å². The second-order valence-electron chi connectivity index (χ2n) is 6.53. The van der Waals surface area contributed by atoms with Gasteiger partial charge in [0.1, 0.15) is 0 Å². The van der Waals surface area contributed by atoms with E-state index in [-0.39, 0.29) is 0 Å². The van der Waals surface area contributed by atoms with Crippen LogP contribution < -0.4 is 5.32 Å². The molecule has 2 saturated heterocycles. The lowest BCUT2D eigenvalue weighted by atomic mass is 9.82. The molecule has 2 fully saturated rings. The van der Waals surface area contributed by atoms with Gasteiger partial charge in [0.25, 0.3) is 0 Å². The molecule has 3 nitrogen and oxygen atoms in total. The Morgan fingerprint density at radius 3 is 2.74 bits per heavy atom. The van der Waals surface area contributed by atoms with Crippen LogP contribution in [0.15, 0.2) is 0 Å². The molecule has 2 heterocycles. The Balaban J connectivity index is 1.64. The van der Waals surface area contributed by atoms with E-state index in [9.17, 15) is 0 Å². The van der Waals surface area contributed by atoms with Gasteiger partial charge in [-0.25, -0.2) is 0 Å². The minimum absolute atomic E-state index is 0.448. The van der Waals surface area contributed by atoms with Crippen molar-refractivity contribution < 1.29 is 4.74 Å². The van der Waals surface area contributed by atoms with Crippen molar-refractivity contribution in [2.45, 2.75) is 65.0 Å². The number of likely N-dealkylation sites (tertiary alicyclic amines) is 1. The maximum atomic E-state index is 5.73. The normalized spacial score (nSPS) is 28.9. The van der Waals surface area contributed by atoms with Crippen molar-refractivity contribution in [3.05, 3.63) is 0 Å². The number of rotatable bonds is 7. The Morgan fingerprint density at radius 2 is 2.16 bits per heavy atom. The van der Waals surface area contributed by atoms with Crippen LogP contribution in [-0.4, -0.2) is 49.8 Å². The molecule has 1 N–H and O–H groups in total. The van der Waals surface area contributed by atoms with Crippen LogP contribution in [0, 0.1) is 5.41 Å². The number of nitrogens with zero attached hydrogens (tertiary/aromatic N) is 1. The Morgan fingerprint density at radius 1 is 1.37 bits per heavy atom. The summed E-state index contributed by atoms with van der Waals surface area (Å²) >= 11 is 0. The van der Waals surface area contributed by atoms with Crippen molar-refractivity contribution in [1.29, 1.82) is 0 Å². The SMILES string of the molecule is CCC1(CC)CCN(CCNC(C)C2CCCO2)C1. The summed E-state index contributed by atoms with van der Waals surface area (Å²) in [6.45, 7) is 12.8. The van der Waals surface area contributed by atoms with Crippen molar-refractivity contribution in [1.82, 2.24) is 10.2 Å². The van der Waals surface area contributed by atoms with E-state index in [1.165, 1.54) is 51.7 Å². The van der Waals surface area contributed by atoms with Crippen LogP contribution in [0.2, 0.25) is 0 Å². The molecule has 0 aromatic heterocycles. The predicted octanol–water partition coefficient (Wildman–Crippen LogP) is 2.66. The minimum atomic E-state index is 0.448. The van der Waals surface area contributed by atoms with Crippen LogP contribution >= 0.6 is 0 Å². The van der Waals surface area contributed by atoms with Crippen molar-refractivity contribution in [2.24, 2.45) is 5.41 Å². The van der Waals surface area contributed by atoms with Crippen LogP contribution in [0.25, 0.3) is 0 Å². The van der Waals surface area contributed by atoms with Gasteiger partial charge in [-0.15, -0.1) is 0 Å². The molecule has 19 heavy (non-hydrogen) atoms. The van der Waals surface area contributed by atoms with Gasteiger partial charge in [-0.1, -0.05) is 13.8 Å². The minimum Gasteiger partial charge on any atom is -0.377 e. The third kappa shape index (κ3) is 3.93. The maximum Gasteiger partial charge on any atom is 0.0726 e. The van der Waals surface area contributed by atoms with E-state index in [1.807, 2.05) is 0 Å². The largest absolute Gasteiger partial charge is 0.377 e. The van der Waals surface area contributed by atoms with Crippen LogP contribution in [0.1, 0.15) is 52.9 Å². The molecule has 2 atom stereocenters.